The molecule has 36 heavy (non-hydrogen) atoms. The fourth-order valence-corrected chi connectivity index (χ4v) is 3.69. The van der Waals surface area contributed by atoms with Gasteiger partial charge in [0, 0.05) is 5.69 Å². The van der Waals surface area contributed by atoms with Gasteiger partial charge in [-0.2, -0.15) is 0 Å². The van der Waals surface area contributed by atoms with E-state index in [2.05, 4.69) is 5.32 Å². The Morgan fingerprint density at radius 2 is 1.44 bits per heavy atom. The van der Waals surface area contributed by atoms with Crippen LogP contribution in [0, 0.1) is 0 Å². The highest BCUT2D eigenvalue weighted by molar-refractivity contribution is 6.53. The molecule has 0 fully saturated rings. The Labute approximate surface area is 210 Å². The van der Waals surface area contributed by atoms with Gasteiger partial charge in [0.1, 0.15) is 10.7 Å². The number of esters is 2. The maximum Gasteiger partial charge on any atom is 0.343 e. The van der Waals surface area contributed by atoms with E-state index in [4.69, 9.17) is 25.8 Å². The number of para-hydroxylation sites is 3. The van der Waals surface area contributed by atoms with Crippen molar-refractivity contribution in [2.75, 3.05) is 24.4 Å². The number of halogens is 1. The zero-order valence-corrected chi connectivity index (χ0v) is 19.9. The van der Waals surface area contributed by atoms with Crippen LogP contribution >= 0.6 is 11.6 Å². The lowest BCUT2D eigenvalue weighted by Gasteiger charge is -2.17. The minimum Gasteiger partial charge on any atom is -0.493 e. The second-order valence-corrected chi connectivity index (χ2v) is 7.76. The lowest BCUT2D eigenvalue weighted by Crippen LogP contribution is -2.33. The molecule has 10 heteroatoms. The van der Waals surface area contributed by atoms with E-state index in [0.29, 0.717) is 11.4 Å². The molecule has 0 radical (unpaired) electrons. The molecular weight excluding hydrogens is 488 g/mol. The molecule has 4 rings (SSSR count). The van der Waals surface area contributed by atoms with Crippen molar-refractivity contribution in [3.63, 3.8) is 0 Å². The normalized spacial score (nSPS) is 13.0. The van der Waals surface area contributed by atoms with Crippen LogP contribution in [0.5, 0.6) is 11.5 Å². The van der Waals surface area contributed by atoms with Gasteiger partial charge in [0.05, 0.1) is 31.0 Å². The summed E-state index contributed by atoms with van der Waals surface area (Å²) in [6.07, 6.45) is 0. The van der Waals surface area contributed by atoms with Crippen LogP contribution < -0.4 is 19.7 Å². The number of imide groups is 1. The molecule has 3 aromatic rings. The number of hydrogen-bond donors (Lipinski definition) is 1. The Morgan fingerprint density at radius 1 is 0.806 bits per heavy atom. The second-order valence-electron chi connectivity index (χ2n) is 7.39. The van der Waals surface area contributed by atoms with Gasteiger partial charge in [0.25, 0.3) is 11.8 Å². The van der Waals surface area contributed by atoms with Crippen molar-refractivity contribution >= 4 is 46.7 Å². The summed E-state index contributed by atoms with van der Waals surface area (Å²) in [5.74, 6) is -2.18. The minimum atomic E-state index is -0.794. The molecule has 0 aromatic heterocycles. The lowest BCUT2D eigenvalue weighted by atomic mass is 10.1. The largest absolute Gasteiger partial charge is 0.493 e. The number of benzene rings is 3. The van der Waals surface area contributed by atoms with Crippen LogP contribution in [0.3, 0.4) is 0 Å². The van der Waals surface area contributed by atoms with E-state index in [1.165, 1.54) is 50.6 Å². The van der Waals surface area contributed by atoms with Crippen LogP contribution in [0.15, 0.2) is 83.5 Å². The first kappa shape index (κ1) is 24.5. The number of anilines is 2. The van der Waals surface area contributed by atoms with Crippen LogP contribution in [-0.4, -0.2) is 38.0 Å². The number of nitrogens with zero attached hydrogens (tertiary/aromatic N) is 1. The van der Waals surface area contributed by atoms with Gasteiger partial charge < -0.3 is 19.5 Å². The van der Waals surface area contributed by atoms with E-state index in [0.717, 1.165) is 4.90 Å². The summed E-state index contributed by atoms with van der Waals surface area (Å²) in [7, 11) is 2.66. The van der Waals surface area contributed by atoms with Crippen molar-refractivity contribution < 1.29 is 33.4 Å². The monoisotopic (exact) mass is 506 g/mol. The zero-order valence-electron chi connectivity index (χ0n) is 19.1. The molecule has 9 nitrogen and oxygen atoms in total. The number of carbonyl (C=O) groups excluding carboxylic acids is 4. The summed E-state index contributed by atoms with van der Waals surface area (Å²) in [6.45, 7) is 0. The van der Waals surface area contributed by atoms with Gasteiger partial charge in [-0.1, -0.05) is 35.9 Å². The number of ether oxygens (including phenoxy) is 3. The molecule has 0 saturated carbocycles. The van der Waals surface area contributed by atoms with Gasteiger partial charge in [0.2, 0.25) is 0 Å². The van der Waals surface area contributed by atoms with Crippen molar-refractivity contribution in [3.8, 4) is 11.5 Å². The molecule has 1 aliphatic heterocycles. The predicted molar refractivity (Wildman–Crippen MR) is 131 cm³/mol. The standard InChI is InChI=1S/C26H19ClN2O7/c1-34-19-9-5-6-10-20(19)36-25(32)15-11-13-16(14-12-15)28-22-21(27)23(30)29(24(22)31)18-8-4-3-7-17(18)26(33)35-2/h3-14,28H,1-2H3. The third-order valence-electron chi connectivity index (χ3n) is 5.24. The van der Waals surface area contributed by atoms with Crippen molar-refractivity contribution in [2.24, 2.45) is 0 Å². The molecule has 0 aliphatic carbocycles. The molecule has 3 aromatic carbocycles. The average Bonchev–Trinajstić information content (AvgIpc) is 3.11. The zero-order chi connectivity index (χ0) is 25.8. The van der Waals surface area contributed by atoms with E-state index in [9.17, 15) is 19.2 Å². The number of carbonyl (C=O) groups is 4. The SMILES string of the molecule is COC(=O)c1ccccc1N1C(=O)C(Cl)=C(Nc2ccc(C(=O)Oc3ccccc3OC)cc2)C1=O. The number of rotatable bonds is 7. The van der Waals surface area contributed by atoms with Gasteiger partial charge in [-0.05, 0) is 48.5 Å². The topological polar surface area (TPSA) is 111 Å². The molecular formula is C26H19ClN2O7. The van der Waals surface area contributed by atoms with Crippen molar-refractivity contribution in [1.29, 1.82) is 0 Å². The van der Waals surface area contributed by atoms with Crippen LogP contribution in [0.1, 0.15) is 20.7 Å². The Kier molecular flexibility index (Phi) is 7.03. The highest BCUT2D eigenvalue weighted by Gasteiger charge is 2.40. The molecule has 2 amide bonds. The van der Waals surface area contributed by atoms with Crippen molar-refractivity contribution in [3.05, 3.63) is 94.7 Å². The molecule has 182 valence electrons. The summed E-state index contributed by atoms with van der Waals surface area (Å²) in [5.41, 5.74) is 0.537. The number of amides is 2. The van der Waals surface area contributed by atoms with Gasteiger partial charge in [-0.25, -0.2) is 14.5 Å². The molecule has 0 unspecified atom stereocenters. The number of hydrogen-bond acceptors (Lipinski definition) is 8. The third-order valence-corrected chi connectivity index (χ3v) is 5.59. The third kappa shape index (κ3) is 4.64. The fraction of sp³-hybridized carbons (Fsp3) is 0.0769. The summed E-state index contributed by atoms with van der Waals surface area (Å²) < 4.78 is 15.3. The molecule has 1 N–H and O–H groups in total. The predicted octanol–water partition coefficient (Wildman–Crippen LogP) is 4.14. The Hall–Kier alpha value is -4.63. The van der Waals surface area contributed by atoms with E-state index >= 15 is 0 Å². The molecule has 0 spiro atoms. The Morgan fingerprint density at radius 3 is 2.11 bits per heavy atom. The molecule has 1 aliphatic rings. The van der Waals surface area contributed by atoms with Crippen LogP contribution in [0.4, 0.5) is 11.4 Å². The van der Waals surface area contributed by atoms with E-state index in [-0.39, 0.29) is 33.3 Å². The second kappa shape index (κ2) is 10.3. The van der Waals surface area contributed by atoms with Gasteiger partial charge in [-0.15, -0.1) is 0 Å². The maximum atomic E-state index is 13.1. The fourth-order valence-electron chi connectivity index (χ4n) is 3.48. The Balaban J connectivity index is 1.52. The Bertz CT molecular complexity index is 1400. The molecule has 1 heterocycles. The highest BCUT2D eigenvalue weighted by Crippen LogP contribution is 2.32. The molecule has 0 atom stereocenters. The summed E-state index contributed by atoms with van der Waals surface area (Å²) in [4.78, 5) is 51.3. The van der Waals surface area contributed by atoms with E-state index in [1.54, 1.807) is 36.4 Å². The lowest BCUT2D eigenvalue weighted by molar-refractivity contribution is -0.120. The van der Waals surface area contributed by atoms with E-state index < -0.39 is 23.8 Å². The average molecular weight is 507 g/mol. The van der Waals surface area contributed by atoms with Crippen molar-refractivity contribution in [2.45, 2.75) is 0 Å². The van der Waals surface area contributed by atoms with Crippen LogP contribution in [0.25, 0.3) is 0 Å². The van der Waals surface area contributed by atoms with Gasteiger partial charge in [-0.3, -0.25) is 9.59 Å². The quantitative estimate of drug-likeness (QED) is 0.289. The molecule has 0 saturated heterocycles. The van der Waals surface area contributed by atoms with E-state index in [1.807, 2.05) is 0 Å². The molecule has 0 bridgehead atoms. The number of nitrogens with one attached hydrogen (secondary N) is 1. The maximum absolute atomic E-state index is 13.1. The van der Waals surface area contributed by atoms with Crippen LogP contribution in [0.2, 0.25) is 0 Å². The summed E-state index contributed by atoms with van der Waals surface area (Å²) in [6, 6.07) is 18.8. The van der Waals surface area contributed by atoms with Crippen molar-refractivity contribution in [1.82, 2.24) is 0 Å². The van der Waals surface area contributed by atoms with Crippen LogP contribution in [-0.2, 0) is 14.3 Å². The first-order valence-corrected chi connectivity index (χ1v) is 10.9. The number of methoxy groups -OCH3 is 2. The highest BCUT2D eigenvalue weighted by atomic mass is 35.5. The first-order valence-electron chi connectivity index (χ1n) is 10.5. The van der Waals surface area contributed by atoms with Gasteiger partial charge in [0.15, 0.2) is 11.5 Å². The first-order chi connectivity index (χ1) is 17.3. The minimum absolute atomic E-state index is 0.0327. The smallest absolute Gasteiger partial charge is 0.343 e. The summed E-state index contributed by atoms with van der Waals surface area (Å²) >= 11 is 6.19. The van der Waals surface area contributed by atoms with Gasteiger partial charge >= 0.3 is 11.9 Å². The summed E-state index contributed by atoms with van der Waals surface area (Å²) in [5, 5.41) is 2.47.